The smallest absolute Gasteiger partial charge is 0.191 e. The largest absolute Gasteiger partial charge is 0.497 e. The number of halogens is 1. The molecule has 34 heavy (non-hydrogen) atoms. The van der Waals surface area contributed by atoms with Crippen LogP contribution in [0.2, 0.25) is 0 Å². The third kappa shape index (κ3) is 6.96. The Morgan fingerprint density at radius 3 is 2.56 bits per heavy atom. The number of nitrogens with zero attached hydrogens (tertiary/aromatic N) is 4. The van der Waals surface area contributed by atoms with Crippen LogP contribution >= 0.6 is 24.0 Å². The number of ether oxygens (including phenoxy) is 1. The van der Waals surface area contributed by atoms with Crippen molar-refractivity contribution in [2.45, 2.75) is 32.0 Å². The van der Waals surface area contributed by atoms with Crippen LogP contribution in [0.3, 0.4) is 0 Å². The van der Waals surface area contributed by atoms with Gasteiger partial charge in [0, 0.05) is 32.5 Å². The SMILES string of the molecule is CN=C(NCc1ccccc1Cn1cccn1)NCC(c1cccc(OC)c1)N1CCCC1.I. The lowest BCUT2D eigenvalue weighted by Gasteiger charge is -2.29. The molecule has 1 aromatic heterocycles. The van der Waals surface area contributed by atoms with Gasteiger partial charge in [-0.1, -0.05) is 36.4 Å². The van der Waals surface area contributed by atoms with Crippen molar-refractivity contribution in [3.8, 4) is 5.75 Å². The lowest BCUT2D eigenvalue weighted by molar-refractivity contribution is 0.245. The van der Waals surface area contributed by atoms with Gasteiger partial charge < -0.3 is 15.4 Å². The lowest BCUT2D eigenvalue weighted by Crippen LogP contribution is -2.42. The maximum absolute atomic E-state index is 5.47. The maximum Gasteiger partial charge on any atom is 0.191 e. The topological polar surface area (TPSA) is 66.7 Å². The molecule has 182 valence electrons. The van der Waals surface area contributed by atoms with E-state index in [2.05, 4.69) is 68.1 Å². The van der Waals surface area contributed by atoms with Gasteiger partial charge in [-0.3, -0.25) is 14.6 Å². The lowest BCUT2D eigenvalue weighted by atomic mass is 10.1. The van der Waals surface area contributed by atoms with E-state index in [1.54, 1.807) is 7.11 Å². The molecule has 2 N–H and O–H groups in total. The fourth-order valence-corrected chi connectivity index (χ4v) is 4.41. The predicted octanol–water partition coefficient (Wildman–Crippen LogP) is 4.06. The van der Waals surface area contributed by atoms with E-state index in [4.69, 9.17) is 4.74 Å². The van der Waals surface area contributed by atoms with Gasteiger partial charge in [0.05, 0.1) is 19.7 Å². The number of aliphatic imine (C=N–C) groups is 1. The summed E-state index contributed by atoms with van der Waals surface area (Å²) >= 11 is 0. The molecular weight excluding hydrogens is 539 g/mol. The van der Waals surface area contributed by atoms with Gasteiger partial charge in [0.15, 0.2) is 5.96 Å². The summed E-state index contributed by atoms with van der Waals surface area (Å²) in [6.45, 7) is 4.48. The Hall–Kier alpha value is -2.59. The summed E-state index contributed by atoms with van der Waals surface area (Å²) in [5.41, 5.74) is 3.75. The molecule has 3 aromatic rings. The Bertz CT molecular complexity index is 1030. The Labute approximate surface area is 219 Å². The van der Waals surface area contributed by atoms with Gasteiger partial charge in [0.25, 0.3) is 0 Å². The highest BCUT2D eigenvalue weighted by atomic mass is 127. The Balaban J connectivity index is 0.00000324. The van der Waals surface area contributed by atoms with Crippen molar-refractivity contribution < 1.29 is 4.74 Å². The zero-order valence-corrected chi connectivity index (χ0v) is 22.3. The predicted molar refractivity (Wildman–Crippen MR) is 148 cm³/mol. The highest BCUT2D eigenvalue weighted by molar-refractivity contribution is 14.0. The number of benzene rings is 2. The fourth-order valence-electron chi connectivity index (χ4n) is 4.41. The summed E-state index contributed by atoms with van der Waals surface area (Å²) in [5.74, 6) is 1.70. The third-order valence-electron chi connectivity index (χ3n) is 6.20. The number of methoxy groups -OCH3 is 1. The molecule has 4 rings (SSSR count). The Morgan fingerprint density at radius 1 is 1.06 bits per heavy atom. The number of guanidine groups is 1. The van der Waals surface area contributed by atoms with Gasteiger partial charge in [-0.15, -0.1) is 24.0 Å². The van der Waals surface area contributed by atoms with Crippen molar-refractivity contribution in [1.29, 1.82) is 0 Å². The highest BCUT2D eigenvalue weighted by Crippen LogP contribution is 2.27. The molecule has 8 heteroatoms. The summed E-state index contributed by atoms with van der Waals surface area (Å²) in [5, 5.41) is 11.4. The molecule has 0 aliphatic carbocycles. The van der Waals surface area contributed by atoms with Crippen LogP contribution in [0.5, 0.6) is 5.75 Å². The second-order valence-electron chi connectivity index (χ2n) is 8.31. The van der Waals surface area contributed by atoms with Gasteiger partial charge in [-0.2, -0.15) is 5.10 Å². The summed E-state index contributed by atoms with van der Waals surface area (Å²) in [6, 6.07) is 19.1. The molecule has 1 aliphatic heterocycles. The molecule has 0 saturated carbocycles. The number of likely N-dealkylation sites (tertiary alicyclic amines) is 1. The van der Waals surface area contributed by atoms with Crippen molar-refractivity contribution >= 4 is 29.9 Å². The molecule has 7 nitrogen and oxygen atoms in total. The first kappa shape index (κ1) is 26.0. The van der Waals surface area contributed by atoms with Gasteiger partial charge in [-0.25, -0.2) is 0 Å². The highest BCUT2D eigenvalue weighted by Gasteiger charge is 2.24. The van der Waals surface area contributed by atoms with Crippen molar-refractivity contribution in [3.05, 3.63) is 83.7 Å². The zero-order chi connectivity index (χ0) is 22.9. The van der Waals surface area contributed by atoms with Crippen LogP contribution in [0, 0.1) is 0 Å². The number of aromatic nitrogens is 2. The average Bonchev–Trinajstić information content (AvgIpc) is 3.57. The molecule has 1 saturated heterocycles. The third-order valence-corrected chi connectivity index (χ3v) is 6.20. The molecule has 0 bridgehead atoms. The summed E-state index contributed by atoms with van der Waals surface area (Å²) in [7, 11) is 3.54. The molecule has 1 atom stereocenters. The summed E-state index contributed by atoms with van der Waals surface area (Å²) < 4.78 is 7.41. The summed E-state index contributed by atoms with van der Waals surface area (Å²) in [4.78, 5) is 7.02. The van der Waals surface area contributed by atoms with Crippen LogP contribution in [-0.4, -0.2) is 54.4 Å². The quantitative estimate of drug-likeness (QED) is 0.229. The van der Waals surface area contributed by atoms with Crippen LogP contribution < -0.4 is 15.4 Å². The van der Waals surface area contributed by atoms with Crippen molar-refractivity contribution in [3.63, 3.8) is 0 Å². The first-order valence-electron chi connectivity index (χ1n) is 11.6. The molecule has 0 amide bonds. The molecular formula is C26H35IN6O. The van der Waals surface area contributed by atoms with Crippen LogP contribution in [0.1, 0.15) is 35.6 Å². The van der Waals surface area contributed by atoms with Crippen molar-refractivity contribution in [2.24, 2.45) is 4.99 Å². The van der Waals surface area contributed by atoms with Crippen LogP contribution in [0.15, 0.2) is 72.0 Å². The van der Waals surface area contributed by atoms with E-state index in [9.17, 15) is 0 Å². The monoisotopic (exact) mass is 574 g/mol. The van der Waals surface area contributed by atoms with E-state index < -0.39 is 0 Å². The normalized spacial score (nSPS) is 14.9. The van der Waals surface area contributed by atoms with E-state index in [0.29, 0.717) is 6.54 Å². The summed E-state index contributed by atoms with van der Waals surface area (Å²) in [6.07, 6.45) is 6.30. The maximum atomic E-state index is 5.47. The van der Waals surface area contributed by atoms with E-state index in [1.807, 2.05) is 36.3 Å². The average molecular weight is 575 g/mol. The van der Waals surface area contributed by atoms with E-state index in [-0.39, 0.29) is 30.0 Å². The minimum Gasteiger partial charge on any atom is -0.497 e. The molecule has 1 aliphatic rings. The van der Waals surface area contributed by atoms with Gasteiger partial charge in [0.2, 0.25) is 0 Å². The van der Waals surface area contributed by atoms with E-state index in [0.717, 1.165) is 37.9 Å². The van der Waals surface area contributed by atoms with Gasteiger partial charge >= 0.3 is 0 Å². The van der Waals surface area contributed by atoms with Gasteiger partial charge in [0.1, 0.15) is 5.75 Å². The zero-order valence-electron chi connectivity index (χ0n) is 20.0. The minimum atomic E-state index is 0. The number of hydrogen-bond donors (Lipinski definition) is 2. The first-order chi connectivity index (χ1) is 16.3. The molecule has 1 fully saturated rings. The van der Waals surface area contributed by atoms with E-state index in [1.165, 1.54) is 29.5 Å². The van der Waals surface area contributed by atoms with Gasteiger partial charge in [-0.05, 0) is 60.8 Å². The second kappa shape index (κ2) is 13.3. The molecule has 2 heterocycles. The minimum absolute atomic E-state index is 0. The van der Waals surface area contributed by atoms with E-state index >= 15 is 0 Å². The number of rotatable bonds is 9. The molecule has 1 unspecified atom stereocenters. The van der Waals surface area contributed by atoms with Crippen LogP contribution in [-0.2, 0) is 13.1 Å². The first-order valence-corrected chi connectivity index (χ1v) is 11.6. The van der Waals surface area contributed by atoms with Crippen molar-refractivity contribution in [1.82, 2.24) is 25.3 Å². The second-order valence-corrected chi connectivity index (χ2v) is 8.31. The Morgan fingerprint density at radius 2 is 1.85 bits per heavy atom. The molecule has 0 spiro atoms. The van der Waals surface area contributed by atoms with Crippen LogP contribution in [0.4, 0.5) is 0 Å². The molecule has 2 aromatic carbocycles. The number of hydrogen-bond acceptors (Lipinski definition) is 4. The molecule has 0 radical (unpaired) electrons. The number of nitrogens with one attached hydrogen (secondary N) is 2. The van der Waals surface area contributed by atoms with Crippen molar-refractivity contribution in [2.75, 3.05) is 33.8 Å². The Kier molecular flexibility index (Phi) is 10.2. The van der Waals surface area contributed by atoms with Crippen LogP contribution in [0.25, 0.3) is 0 Å². The standard InChI is InChI=1S/C26H34N6O.HI/c1-27-26(28-18-22-9-3-4-10-23(22)20-32-16-8-13-30-32)29-19-25(31-14-5-6-15-31)21-11-7-12-24(17-21)33-2;/h3-4,7-13,16-17,25H,5-6,14-15,18-20H2,1-2H3,(H2,27,28,29);1H. The fraction of sp³-hybridized carbons (Fsp3) is 0.385.